The molecule has 0 saturated carbocycles. The Morgan fingerprint density at radius 1 is 1.50 bits per heavy atom. The first-order chi connectivity index (χ1) is 10.6. The van der Waals surface area contributed by atoms with E-state index in [0.717, 1.165) is 34.9 Å². The molecule has 0 radical (unpaired) electrons. The van der Waals surface area contributed by atoms with Crippen molar-refractivity contribution in [1.29, 1.82) is 0 Å². The Balaban J connectivity index is 1.80. The van der Waals surface area contributed by atoms with Crippen LogP contribution in [0, 0.1) is 12.7 Å². The third-order valence-corrected chi connectivity index (χ3v) is 4.02. The lowest BCUT2D eigenvalue weighted by atomic mass is 10.00. The third kappa shape index (κ3) is 2.66. The second-order valence-corrected chi connectivity index (χ2v) is 5.45. The van der Waals surface area contributed by atoms with Gasteiger partial charge < -0.3 is 14.8 Å². The number of aromatic nitrogens is 2. The highest BCUT2D eigenvalue weighted by Crippen LogP contribution is 2.33. The van der Waals surface area contributed by atoms with Gasteiger partial charge in [-0.3, -0.25) is 0 Å². The molecule has 6 heteroatoms. The molecule has 1 atom stereocenters. The first-order valence-corrected chi connectivity index (χ1v) is 7.32. The Hall–Kier alpha value is -2.08. The summed E-state index contributed by atoms with van der Waals surface area (Å²) in [6.45, 7) is 3.19. The number of rotatable bonds is 4. The quantitative estimate of drug-likeness (QED) is 0.943. The van der Waals surface area contributed by atoms with Gasteiger partial charge >= 0.3 is 0 Å². The van der Waals surface area contributed by atoms with E-state index in [2.05, 4.69) is 10.4 Å². The average molecular weight is 305 g/mol. The fourth-order valence-corrected chi connectivity index (χ4v) is 2.94. The highest BCUT2D eigenvalue weighted by molar-refractivity contribution is 5.38. The third-order valence-electron chi connectivity index (χ3n) is 4.02. The first kappa shape index (κ1) is 14.8. The minimum atomic E-state index is -0.244. The predicted octanol–water partition coefficient (Wildman–Crippen LogP) is 2.49. The molecule has 1 unspecified atom stereocenters. The molecule has 0 saturated heterocycles. The van der Waals surface area contributed by atoms with E-state index in [1.54, 1.807) is 23.9 Å². The SMILES string of the molecule is COc1c(CNC2CCOc3ccc(F)cc32)c(C)nn1C. The number of benzene rings is 1. The number of hydrogen-bond donors (Lipinski definition) is 1. The molecule has 1 aliphatic rings. The van der Waals surface area contributed by atoms with Gasteiger partial charge in [0.25, 0.3) is 0 Å². The molecule has 3 rings (SSSR count). The number of nitrogens with zero attached hydrogens (tertiary/aromatic N) is 2. The Labute approximate surface area is 129 Å². The topological polar surface area (TPSA) is 48.3 Å². The summed E-state index contributed by atoms with van der Waals surface area (Å²) in [6.07, 6.45) is 0.804. The van der Waals surface area contributed by atoms with Crippen LogP contribution in [-0.4, -0.2) is 23.5 Å². The Kier molecular flexibility index (Phi) is 4.02. The van der Waals surface area contributed by atoms with Crippen LogP contribution in [-0.2, 0) is 13.6 Å². The summed E-state index contributed by atoms with van der Waals surface area (Å²) >= 11 is 0. The van der Waals surface area contributed by atoms with Crippen molar-refractivity contribution >= 4 is 0 Å². The van der Waals surface area contributed by atoms with E-state index in [1.165, 1.54) is 6.07 Å². The van der Waals surface area contributed by atoms with Gasteiger partial charge in [0, 0.05) is 31.6 Å². The largest absolute Gasteiger partial charge is 0.493 e. The van der Waals surface area contributed by atoms with Gasteiger partial charge in [-0.25, -0.2) is 9.07 Å². The van der Waals surface area contributed by atoms with Crippen LogP contribution in [0.5, 0.6) is 11.6 Å². The van der Waals surface area contributed by atoms with Crippen molar-refractivity contribution in [3.63, 3.8) is 0 Å². The van der Waals surface area contributed by atoms with Crippen molar-refractivity contribution in [3.8, 4) is 11.6 Å². The molecule has 2 heterocycles. The maximum Gasteiger partial charge on any atom is 0.216 e. The highest BCUT2D eigenvalue weighted by atomic mass is 19.1. The summed E-state index contributed by atoms with van der Waals surface area (Å²) in [5.74, 6) is 1.25. The van der Waals surface area contributed by atoms with E-state index in [1.807, 2.05) is 14.0 Å². The van der Waals surface area contributed by atoms with Crippen LogP contribution < -0.4 is 14.8 Å². The second-order valence-electron chi connectivity index (χ2n) is 5.45. The molecule has 1 aromatic carbocycles. The zero-order valence-electron chi connectivity index (χ0n) is 13.0. The first-order valence-electron chi connectivity index (χ1n) is 7.32. The van der Waals surface area contributed by atoms with Crippen LogP contribution in [0.4, 0.5) is 4.39 Å². The zero-order valence-corrected chi connectivity index (χ0v) is 13.0. The van der Waals surface area contributed by atoms with E-state index in [-0.39, 0.29) is 11.9 Å². The van der Waals surface area contributed by atoms with Gasteiger partial charge in [-0.15, -0.1) is 0 Å². The molecule has 1 N–H and O–H groups in total. The Morgan fingerprint density at radius 3 is 3.09 bits per heavy atom. The molecule has 2 aromatic rings. The maximum absolute atomic E-state index is 13.5. The van der Waals surface area contributed by atoms with Crippen molar-refractivity contribution in [2.45, 2.75) is 25.9 Å². The number of fused-ring (bicyclic) bond motifs is 1. The van der Waals surface area contributed by atoms with Crippen molar-refractivity contribution in [3.05, 3.63) is 40.8 Å². The van der Waals surface area contributed by atoms with Gasteiger partial charge in [0.2, 0.25) is 5.88 Å². The van der Waals surface area contributed by atoms with Gasteiger partial charge in [-0.05, 0) is 25.1 Å². The van der Waals surface area contributed by atoms with Crippen molar-refractivity contribution in [1.82, 2.24) is 15.1 Å². The molecule has 1 aromatic heterocycles. The van der Waals surface area contributed by atoms with Gasteiger partial charge in [-0.1, -0.05) is 0 Å². The van der Waals surface area contributed by atoms with Crippen LogP contribution in [0.3, 0.4) is 0 Å². The van der Waals surface area contributed by atoms with E-state index in [0.29, 0.717) is 13.2 Å². The van der Waals surface area contributed by atoms with Gasteiger partial charge in [0.1, 0.15) is 11.6 Å². The molecule has 0 spiro atoms. The fraction of sp³-hybridized carbons (Fsp3) is 0.438. The smallest absolute Gasteiger partial charge is 0.216 e. The lowest BCUT2D eigenvalue weighted by Crippen LogP contribution is -2.27. The minimum absolute atomic E-state index is 0.0590. The van der Waals surface area contributed by atoms with Gasteiger partial charge in [0.15, 0.2) is 0 Å². The average Bonchev–Trinajstić information content (AvgIpc) is 2.78. The zero-order chi connectivity index (χ0) is 15.7. The summed E-state index contributed by atoms with van der Waals surface area (Å²) in [4.78, 5) is 0. The molecule has 1 aliphatic heterocycles. The number of aryl methyl sites for hydroxylation is 2. The van der Waals surface area contributed by atoms with E-state index in [4.69, 9.17) is 9.47 Å². The summed E-state index contributed by atoms with van der Waals surface area (Å²) < 4.78 is 26.2. The van der Waals surface area contributed by atoms with E-state index >= 15 is 0 Å². The van der Waals surface area contributed by atoms with Crippen molar-refractivity contribution in [2.75, 3.05) is 13.7 Å². The maximum atomic E-state index is 13.5. The predicted molar refractivity (Wildman–Crippen MR) is 80.6 cm³/mol. The second kappa shape index (κ2) is 5.96. The van der Waals surface area contributed by atoms with Gasteiger partial charge in [-0.2, -0.15) is 5.10 Å². The molecular formula is C16H20FN3O2. The molecule has 0 bridgehead atoms. The van der Waals surface area contributed by atoms with Gasteiger partial charge in [0.05, 0.1) is 25.0 Å². The van der Waals surface area contributed by atoms with Crippen LogP contribution in [0.15, 0.2) is 18.2 Å². The van der Waals surface area contributed by atoms with Crippen molar-refractivity contribution in [2.24, 2.45) is 7.05 Å². The molecule has 5 nitrogen and oxygen atoms in total. The van der Waals surface area contributed by atoms with Crippen LogP contribution >= 0.6 is 0 Å². The van der Waals surface area contributed by atoms with Crippen LogP contribution in [0.1, 0.15) is 29.3 Å². The number of ether oxygens (including phenoxy) is 2. The molecule has 0 amide bonds. The molecule has 118 valence electrons. The fourth-order valence-electron chi connectivity index (χ4n) is 2.94. The summed E-state index contributed by atoms with van der Waals surface area (Å²) in [5.41, 5.74) is 2.82. The van der Waals surface area contributed by atoms with E-state index < -0.39 is 0 Å². The Morgan fingerprint density at radius 2 is 2.32 bits per heavy atom. The summed E-state index contributed by atoms with van der Waals surface area (Å²) in [6, 6.07) is 4.72. The molecule has 22 heavy (non-hydrogen) atoms. The molecule has 0 fully saturated rings. The number of methoxy groups -OCH3 is 1. The van der Waals surface area contributed by atoms with Crippen molar-refractivity contribution < 1.29 is 13.9 Å². The van der Waals surface area contributed by atoms with Crippen LogP contribution in [0.2, 0.25) is 0 Å². The number of nitrogens with one attached hydrogen (secondary N) is 1. The van der Waals surface area contributed by atoms with E-state index in [9.17, 15) is 4.39 Å². The Bertz CT molecular complexity index is 684. The number of hydrogen-bond acceptors (Lipinski definition) is 4. The minimum Gasteiger partial charge on any atom is -0.493 e. The summed E-state index contributed by atoms with van der Waals surface area (Å²) in [5, 5.41) is 7.84. The molecular weight excluding hydrogens is 285 g/mol. The lowest BCUT2D eigenvalue weighted by Gasteiger charge is -2.27. The highest BCUT2D eigenvalue weighted by Gasteiger charge is 2.23. The normalized spacial score (nSPS) is 17.0. The number of halogens is 1. The van der Waals surface area contributed by atoms with Crippen LogP contribution in [0.25, 0.3) is 0 Å². The molecule has 0 aliphatic carbocycles. The standard InChI is InChI=1S/C16H20FN3O2/c1-10-13(16(21-3)20(2)19-10)9-18-14-6-7-22-15-5-4-11(17)8-12(14)15/h4-5,8,14,18H,6-7,9H2,1-3H3. The monoisotopic (exact) mass is 305 g/mol. The summed E-state index contributed by atoms with van der Waals surface area (Å²) in [7, 11) is 3.49. The lowest BCUT2D eigenvalue weighted by molar-refractivity contribution is 0.251.